The van der Waals surface area contributed by atoms with Crippen molar-refractivity contribution in [2.75, 3.05) is 0 Å². The molecule has 0 atom stereocenters. The summed E-state index contributed by atoms with van der Waals surface area (Å²) in [6, 6.07) is 7.91. The molecule has 0 spiro atoms. The highest BCUT2D eigenvalue weighted by Crippen LogP contribution is 2.43. The Balaban J connectivity index is 0.000000449. The highest BCUT2D eigenvalue weighted by molar-refractivity contribution is 7.16. The molecule has 2 aromatic heterocycles. The van der Waals surface area contributed by atoms with Gasteiger partial charge in [0.25, 0.3) is 0 Å². The normalized spacial score (nSPS) is 11.6. The molecular weight excluding hydrogens is 402 g/mol. The van der Waals surface area contributed by atoms with Gasteiger partial charge in [-0.1, -0.05) is 44.0 Å². The lowest BCUT2D eigenvalue weighted by Crippen LogP contribution is -2.04. The van der Waals surface area contributed by atoms with E-state index in [9.17, 15) is 0 Å². The Morgan fingerprint density at radius 2 is 1.72 bits per heavy atom. The fourth-order valence-electron chi connectivity index (χ4n) is 3.08. The molecule has 154 valence electrons. The molecule has 0 unspecified atom stereocenters. The molecule has 0 amide bonds. The Hall–Kier alpha value is -2.17. The molecule has 29 heavy (non-hydrogen) atoms. The van der Waals surface area contributed by atoms with Crippen molar-refractivity contribution >= 4 is 34.9 Å². The first-order valence-electron chi connectivity index (χ1n) is 9.77. The number of furan rings is 1. The number of hydrogen-bond acceptors (Lipinski definition) is 4. The number of carbonyl (C=O) groups is 1. The molecule has 0 radical (unpaired) electrons. The fourth-order valence-corrected chi connectivity index (χ4v) is 4.50. The van der Waals surface area contributed by atoms with Gasteiger partial charge in [-0.3, -0.25) is 4.99 Å². The van der Waals surface area contributed by atoms with E-state index in [1.165, 1.54) is 45.4 Å². The van der Waals surface area contributed by atoms with E-state index in [4.69, 9.17) is 25.8 Å². The average molecular weight is 430 g/mol. The lowest BCUT2D eigenvalue weighted by molar-refractivity contribution is -0.106. The van der Waals surface area contributed by atoms with Crippen molar-refractivity contribution in [3.05, 3.63) is 68.4 Å². The van der Waals surface area contributed by atoms with Gasteiger partial charge in [0.15, 0.2) is 0 Å². The smallest absolute Gasteiger partial charge is 0.134 e. The van der Waals surface area contributed by atoms with E-state index in [0.29, 0.717) is 6.54 Å². The van der Waals surface area contributed by atoms with Crippen LogP contribution >= 0.6 is 22.9 Å². The van der Waals surface area contributed by atoms with Crippen molar-refractivity contribution < 1.29 is 9.21 Å². The summed E-state index contributed by atoms with van der Waals surface area (Å²) in [5.74, 6) is 0.953. The monoisotopic (exact) mass is 429 g/mol. The van der Waals surface area contributed by atoms with E-state index in [0.717, 1.165) is 28.3 Å². The van der Waals surface area contributed by atoms with Gasteiger partial charge in [-0.05, 0) is 51.0 Å². The third kappa shape index (κ3) is 5.06. The van der Waals surface area contributed by atoms with Crippen molar-refractivity contribution in [3.63, 3.8) is 0 Å². The van der Waals surface area contributed by atoms with Gasteiger partial charge in [0.05, 0.1) is 18.5 Å². The zero-order valence-corrected chi connectivity index (χ0v) is 19.5. The number of rotatable bonds is 1. The van der Waals surface area contributed by atoms with Crippen molar-refractivity contribution in [2.24, 2.45) is 4.99 Å². The van der Waals surface area contributed by atoms with E-state index < -0.39 is 0 Å². The van der Waals surface area contributed by atoms with E-state index in [1.807, 2.05) is 41.9 Å². The molecule has 0 fully saturated rings. The van der Waals surface area contributed by atoms with Crippen LogP contribution in [0.25, 0.3) is 10.4 Å². The molecule has 3 heterocycles. The SMILES string of the molecule is CC=O.CCC.Cc1coc2c1-c1sc(C)c(C)c1C(c1ccc(Cl)cc1)=NC2. The van der Waals surface area contributed by atoms with Crippen LogP contribution in [0.1, 0.15) is 60.1 Å². The number of benzene rings is 1. The molecule has 3 aromatic rings. The molecule has 4 rings (SSSR count). The molecule has 1 aliphatic rings. The molecule has 1 aliphatic heterocycles. The second kappa shape index (κ2) is 10.6. The van der Waals surface area contributed by atoms with Crippen molar-refractivity contribution in [3.8, 4) is 10.4 Å². The topological polar surface area (TPSA) is 42.6 Å². The van der Waals surface area contributed by atoms with Crippen LogP contribution in [0.2, 0.25) is 5.02 Å². The summed E-state index contributed by atoms with van der Waals surface area (Å²) in [5.41, 5.74) is 7.05. The summed E-state index contributed by atoms with van der Waals surface area (Å²) in [5, 5.41) is 0.740. The highest BCUT2D eigenvalue weighted by Gasteiger charge is 2.27. The average Bonchev–Trinajstić information content (AvgIpc) is 3.12. The molecule has 0 aliphatic carbocycles. The molecule has 1 aromatic carbocycles. The Morgan fingerprint density at radius 1 is 1.14 bits per heavy atom. The van der Waals surface area contributed by atoms with Gasteiger partial charge in [0.1, 0.15) is 12.0 Å². The second-order valence-corrected chi connectivity index (χ2v) is 8.48. The minimum atomic E-state index is 0.570. The first kappa shape index (κ1) is 23.1. The van der Waals surface area contributed by atoms with Crippen LogP contribution in [0.4, 0.5) is 0 Å². The maximum atomic E-state index is 8.81. The number of fused-ring (bicyclic) bond motifs is 3. The maximum Gasteiger partial charge on any atom is 0.134 e. The van der Waals surface area contributed by atoms with Crippen LogP contribution < -0.4 is 0 Å². The van der Waals surface area contributed by atoms with Crippen molar-refractivity contribution in [1.82, 2.24) is 0 Å². The summed E-state index contributed by atoms with van der Waals surface area (Å²) >= 11 is 7.87. The van der Waals surface area contributed by atoms with E-state index in [1.54, 1.807) is 0 Å². The van der Waals surface area contributed by atoms with Crippen molar-refractivity contribution in [2.45, 2.75) is 54.5 Å². The number of hydrogen-bond donors (Lipinski definition) is 0. The maximum absolute atomic E-state index is 8.81. The number of aldehydes is 1. The zero-order valence-electron chi connectivity index (χ0n) is 17.9. The van der Waals surface area contributed by atoms with E-state index >= 15 is 0 Å². The Bertz CT molecular complexity index is 997. The Kier molecular flexibility index (Phi) is 8.42. The van der Waals surface area contributed by atoms with Gasteiger partial charge < -0.3 is 9.21 Å². The van der Waals surface area contributed by atoms with Gasteiger partial charge in [0, 0.05) is 31.5 Å². The van der Waals surface area contributed by atoms with Gasteiger partial charge in [-0.15, -0.1) is 11.3 Å². The van der Waals surface area contributed by atoms with Gasteiger partial charge in [-0.2, -0.15) is 0 Å². The predicted molar refractivity (Wildman–Crippen MR) is 125 cm³/mol. The molecule has 0 bridgehead atoms. The molecular formula is C24H28ClNO2S. The van der Waals surface area contributed by atoms with Crippen LogP contribution in [0.5, 0.6) is 0 Å². The summed E-state index contributed by atoms with van der Waals surface area (Å²) in [7, 11) is 0. The standard InChI is InChI=1S/C19H16ClNOS.C3H8.C2H4O/c1-10-9-22-15-8-21-18(13-4-6-14(20)7-5-13)17-11(2)12(3)23-19(17)16(10)15;1-3-2;1-2-3/h4-7,9H,8H2,1-3H3;3H2,1-2H3;2H,1H3. The van der Waals surface area contributed by atoms with Crippen LogP contribution in [0, 0.1) is 20.8 Å². The van der Waals surface area contributed by atoms with Crippen LogP contribution in [-0.4, -0.2) is 12.0 Å². The Labute approximate surface area is 182 Å². The first-order chi connectivity index (χ1) is 13.9. The number of aryl methyl sites for hydroxylation is 2. The van der Waals surface area contributed by atoms with Crippen LogP contribution in [-0.2, 0) is 11.3 Å². The van der Waals surface area contributed by atoms with Crippen LogP contribution in [0.3, 0.4) is 0 Å². The summed E-state index contributed by atoms with van der Waals surface area (Å²) < 4.78 is 5.75. The second-order valence-electron chi connectivity index (χ2n) is 6.82. The molecule has 0 saturated carbocycles. The lowest BCUT2D eigenvalue weighted by atomic mass is 9.96. The van der Waals surface area contributed by atoms with Crippen LogP contribution in [0.15, 0.2) is 39.9 Å². The quantitative estimate of drug-likeness (QED) is 0.374. The first-order valence-corrected chi connectivity index (χ1v) is 11.0. The van der Waals surface area contributed by atoms with E-state index in [2.05, 4.69) is 34.6 Å². The fraction of sp³-hybridized carbons (Fsp3) is 0.333. The van der Waals surface area contributed by atoms with E-state index in [-0.39, 0.29) is 0 Å². The minimum Gasteiger partial charge on any atom is -0.466 e. The Morgan fingerprint density at radius 3 is 2.31 bits per heavy atom. The van der Waals surface area contributed by atoms with Gasteiger partial charge >= 0.3 is 0 Å². The summed E-state index contributed by atoms with van der Waals surface area (Å²) in [4.78, 5) is 16.3. The summed E-state index contributed by atoms with van der Waals surface area (Å²) in [6.45, 7) is 12.7. The third-order valence-electron chi connectivity index (χ3n) is 4.40. The summed E-state index contributed by atoms with van der Waals surface area (Å²) in [6.07, 6.45) is 3.83. The minimum absolute atomic E-state index is 0.570. The van der Waals surface area contributed by atoms with Crippen molar-refractivity contribution in [1.29, 1.82) is 0 Å². The molecule has 0 N–H and O–H groups in total. The number of halogens is 1. The number of aliphatic imine (C=N–C) groups is 1. The predicted octanol–water partition coefficient (Wildman–Crippen LogP) is 7.56. The number of nitrogens with zero attached hydrogens (tertiary/aromatic N) is 1. The number of thiophene rings is 1. The third-order valence-corrected chi connectivity index (χ3v) is 5.88. The number of carbonyl (C=O) groups excluding carboxylic acids is 1. The molecule has 0 saturated heterocycles. The highest BCUT2D eigenvalue weighted by atomic mass is 35.5. The lowest BCUT2D eigenvalue weighted by Gasteiger charge is -2.08. The molecule has 3 nitrogen and oxygen atoms in total. The van der Waals surface area contributed by atoms with Gasteiger partial charge in [-0.25, -0.2) is 0 Å². The molecule has 5 heteroatoms. The largest absolute Gasteiger partial charge is 0.466 e. The zero-order chi connectivity index (χ0) is 21.6. The van der Waals surface area contributed by atoms with Gasteiger partial charge in [0.2, 0.25) is 0 Å².